The van der Waals surface area contributed by atoms with E-state index in [9.17, 15) is 4.79 Å². The van der Waals surface area contributed by atoms with Gasteiger partial charge in [-0.1, -0.05) is 41.6 Å². The van der Waals surface area contributed by atoms with Crippen LogP contribution in [0.3, 0.4) is 0 Å². The summed E-state index contributed by atoms with van der Waals surface area (Å²) in [6, 6.07) is 9.67. The Kier molecular flexibility index (Phi) is 7.86. The number of thiocarbonyl (C=S) groups is 1. The van der Waals surface area contributed by atoms with E-state index in [4.69, 9.17) is 38.0 Å². The Morgan fingerprint density at radius 3 is 2.39 bits per heavy atom. The fourth-order valence-corrected chi connectivity index (χ4v) is 4.55. The molecule has 1 amide bonds. The van der Waals surface area contributed by atoms with Crippen molar-refractivity contribution in [3.8, 4) is 17.2 Å². The molecule has 0 atom stereocenters. The van der Waals surface area contributed by atoms with Crippen molar-refractivity contribution < 1.29 is 19.0 Å². The van der Waals surface area contributed by atoms with Gasteiger partial charge in [-0.3, -0.25) is 9.69 Å². The lowest BCUT2D eigenvalue weighted by Crippen LogP contribution is -2.22. The maximum absolute atomic E-state index is 12.2. The maximum atomic E-state index is 12.2. The van der Waals surface area contributed by atoms with Crippen LogP contribution in [0, 0.1) is 13.8 Å². The van der Waals surface area contributed by atoms with Crippen LogP contribution in [0.15, 0.2) is 35.2 Å². The number of hydrogen-bond donors (Lipinski definition) is 0. The van der Waals surface area contributed by atoms with E-state index >= 15 is 0 Å². The Balaban J connectivity index is 1.61. The molecule has 0 spiro atoms. The standard InChI is InChI=1S/C23H24ClNO4S2/c1-14-8-15(2)10-17(9-14)28-6-5-7-29-21-18(24)11-16(12-19(21)27-4)13-20-22(26)25(3)23(30)31-20/h8-13H,5-7H2,1-4H3. The van der Waals surface area contributed by atoms with Crippen LogP contribution in [0.1, 0.15) is 23.1 Å². The van der Waals surface area contributed by atoms with Crippen LogP contribution in [0.5, 0.6) is 17.2 Å². The second-order valence-corrected chi connectivity index (χ2v) is 9.23. The molecule has 1 aliphatic heterocycles. The van der Waals surface area contributed by atoms with Gasteiger partial charge in [0.1, 0.15) is 10.1 Å². The number of carbonyl (C=O) groups excluding carboxylic acids is 1. The molecule has 0 aromatic heterocycles. The lowest BCUT2D eigenvalue weighted by atomic mass is 10.1. The van der Waals surface area contributed by atoms with Gasteiger partial charge in [-0.2, -0.15) is 0 Å². The Bertz CT molecular complexity index is 1020. The van der Waals surface area contributed by atoms with E-state index in [0.29, 0.717) is 45.4 Å². The summed E-state index contributed by atoms with van der Waals surface area (Å²) in [6.45, 7) is 5.05. The first-order valence-electron chi connectivity index (χ1n) is 9.71. The zero-order chi connectivity index (χ0) is 22.5. The van der Waals surface area contributed by atoms with E-state index in [1.54, 1.807) is 32.4 Å². The zero-order valence-electron chi connectivity index (χ0n) is 17.9. The number of carbonyl (C=O) groups is 1. The molecule has 0 unspecified atom stereocenters. The van der Waals surface area contributed by atoms with Gasteiger partial charge in [0.05, 0.1) is 30.3 Å². The molecule has 1 heterocycles. The molecule has 0 radical (unpaired) electrons. The molecule has 0 saturated carbocycles. The van der Waals surface area contributed by atoms with E-state index in [1.165, 1.54) is 27.8 Å². The van der Waals surface area contributed by atoms with Gasteiger partial charge in [0, 0.05) is 13.5 Å². The molecule has 1 fully saturated rings. The summed E-state index contributed by atoms with van der Waals surface area (Å²) in [5.74, 6) is 1.70. The minimum atomic E-state index is -0.130. The topological polar surface area (TPSA) is 48.0 Å². The number of methoxy groups -OCH3 is 1. The maximum Gasteiger partial charge on any atom is 0.265 e. The summed E-state index contributed by atoms with van der Waals surface area (Å²) in [5, 5.41) is 0.410. The van der Waals surface area contributed by atoms with Crippen molar-refractivity contribution in [2.75, 3.05) is 27.4 Å². The molecule has 5 nitrogen and oxygen atoms in total. The summed E-state index contributed by atoms with van der Waals surface area (Å²) < 4.78 is 17.7. The first-order chi connectivity index (χ1) is 14.8. The molecule has 1 saturated heterocycles. The molecule has 0 aliphatic carbocycles. The summed E-state index contributed by atoms with van der Waals surface area (Å²) in [5.41, 5.74) is 3.08. The highest BCUT2D eigenvalue weighted by Gasteiger charge is 2.28. The van der Waals surface area contributed by atoms with Crippen LogP contribution in [0.25, 0.3) is 6.08 Å². The van der Waals surface area contributed by atoms with Crippen molar-refractivity contribution in [2.45, 2.75) is 20.3 Å². The lowest BCUT2D eigenvalue weighted by molar-refractivity contribution is -0.121. The minimum Gasteiger partial charge on any atom is -0.493 e. The van der Waals surface area contributed by atoms with Gasteiger partial charge >= 0.3 is 0 Å². The average molecular weight is 478 g/mol. The fourth-order valence-electron chi connectivity index (χ4n) is 3.10. The number of aryl methyl sites for hydroxylation is 2. The van der Waals surface area contributed by atoms with Crippen molar-refractivity contribution in [1.82, 2.24) is 4.90 Å². The molecule has 1 aliphatic rings. The van der Waals surface area contributed by atoms with Crippen molar-refractivity contribution >= 4 is 51.9 Å². The molecule has 0 bridgehead atoms. The van der Waals surface area contributed by atoms with Gasteiger partial charge in [0.2, 0.25) is 0 Å². The number of thioether (sulfide) groups is 1. The van der Waals surface area contributed by atoms with E-state index in [1.807, 2.05) is 26.0 Å². The van der Waals surface area contributed by atoms with Gasteiger partial charge < -0.3 is 14.2 Å². The van der Waals surface area contributed by atoms with E-state index in [-0.39, 0.29) is 5.91 Å². The van der Waals surface area contributed by atoms with E-state index in [0.717, 1.165) is 11.3 Å². The molecular formula is C23H24ClNO4S2. The third-order valence-corrected chi connectivity index (χ3v) is 6.30. The summed E-state index contributed by atoms with van der Waals surface area (Å²) in [4.78, 5) is 14.2. The van der Waals surface area contributed by atoms with Crippen LogP contribution >= 0.6 is 35.6 Å². The lowest BCUT2D eigenvalue weighted by Gasteiger charge is -2.14. The number of halogens is 1. The third kappa shape index (κ3) is 5.93. The van der Waals surface area contributed by atoms with Crippen molar-refractivity contribution in [3.05, 3.63) is 56.9 Å². The number of likely N-dealkylation sites (N-methyl/N-ethyl adjacent to an activating group) is 1. The van der Waals surface area contributed by atoms with Crippen molar-refractivity contribution in [1.29, 1.82) is 0 Å². The first kappa shape index (κ1) is 23.4. The van der Waals surface area contributed by atoms with Crippen LogP contribution in [-0.2, 0) is 4.79 Å². The molecule has 2 aromatic rings. The SMILES string of the molecule is COc1cc(C=C2SC(=S)N(C)C2=O)cc(Cl)c1OCCCOc1cc(C)cc(C)c1. The van der Waals surface area contributed by atoms with Crippen molar-refractivity contribution in [2.24, 2.45) is 0 Å². The van der Waals surface area contributed by atoms with Crippen molar-refractivity contribution in [3.63, 3.8) is 0 Å². The van der Waals surface area contributed by atoms with Gasteiger partial charge in [-0.25, -0.2) is 0 Å². The number of amides is 1. The van der Waals surface area contributed by atoms with Crippen LogP contribution in [-0.4, -0.2) is 42.5 Å². The molecule has 3 rings (SSSR count). The minimum absolute atomic E-state index is 0.130. The number of hydrogen-bond acceptors (Lipinski definition) is 6. The average Bonchev–Trinajstić information content (AvgIpc) is 2.94. The summed E-state index contributed by atoms with van der Waals surface area (Å²) >= 11 is 12.9. The Morgan fingerprint density at radius 2 is 1.77 bits per heavy atom. The summed E-state index contributed by atoms with van der Waals surface area (Å²) in [6.07, 6.45) is 2.44. The second-order valence-electron chi connectivity index (χ2n) is 7.15. The number of rotatable bonds is 8. The molecular weight excluding hydrogens is 454 g/mol. The zero-order valence-corrected chi connectivity index (χ0v) is 20.2. The molecule has 8 heteroatoms. The Morgan fingerprint density at radius 1 is 1.10 bits per heavy atom. The summed E-state index contributed by atoms with van der Waals surface area (Å²) in [7, 11) is 3.21. The van der Waals surface area contributed by atoms with Gasteiger partial charge in [0.25, 0.3) is 5.91 Å². The predicted molar refractivity (Wildman–Crippen MR) is 130 cm³/mol. The van der Waals surface area contributed by atoms with Gasteiger partial charge in [-0.15, -0.1) is 0 Å². The number of nitrogens with zero attached hydrogens (tertiary/aromatic N) is 1. The fraction of sp³-hybridized carbons (Fsp3) is 0.304. The van der Waals surface area contributed by atoms with Gasteiger partial charge in [-0.05, 0) is 60.9 Å². The smallest absolute Gasteiger partial charge is 0.265 e. The van der Waals surface area contributed by atoms with E-state index in [2.05, 4.69) is 6.07 Å². The molecule has 0 N–H and O–H groups in total. The largest absolute Gasteiger partial charge is 0.493 e. The Hall–Kier alpha value is -2.22. The molecule has 31 heavy (non-hydrogen) atoms. The highest BCUT2D eigenvalue weighted by atomic mass is 35.5. The third-order valence-electron chi connectivity index (χ3n) is 4.54. The Labute approximate surface area is 197 Å². The first-order valence-corrected chi connectivity index (χ1v) is 11.3. The molecule has 164 valence electrons. The number of ether oxygens (including phenoxy) is 3. The number of benzene rings is 2. The second kappa shape index (κ2) is 10.4. The highest BCUT2D eigenvalue weighted by Crippen LogP contribution is 2.38. The normalized spacial score (nSPS) is 15.0. The van der Waals surface area contributed by atoms with Crippen LogP contribution in [0.2, 0.25) is 5.02 Å². The monoisotopic (exact) mass is 477 g/mol. The van der Waals surface area contributed by atoms with Crippen LogP contribution in [0.4, 0.5) is 0 Å². The molecule has 2 aromatic carbocycles. The van der Waals surface area contributed by atoms with E-state index < -0.39 is 0 Å². The predicted octanol–water partition coefficient (Wildman–Crippen LogP) is 5.64. The quantitative estimate of drug-likeness (QED) is 0.278. The highest BCUT2D eigenvalue weighted by molar-refractivity contribution is 8.26. The van der Waals surface area contributed by atoms with Crippen LogP contribution < -0.4 is 14.2 Å². The van der Waals surface area contributed by atoms with Gasteiger partial charge in [0.15, 0.2) is 11.5 Å².